The van der Waals surface area contributed by atoms with Gasteiger partial charge in [0, 0.05) is 30.9 Å². The fraction of sp³-hybridized carbons (Fsp3) is 0.250. The molecule has 0 aliphatic carbocycles. The molecule has 28 heavy (non-hydrogen) atoms. The second-order valence-electron chi connectivity index (χ2n) is 6.74. The van der Waals surface area contributed by atoms with E-state index in [1.165, 1.54) is 11.1 Å². The van der Waals surface area contributed by atoms with Crippen LogP contribution < -0.4 is 10.1 Å². The van der Waals surface area contributed by atoms with E-state index in [2.05, 4.69) is 41.5 Å². The van der Waals surface area contributed by atoms with Gasteiger partial charge < -0.3 is 10.1 Å². The van der Waals surface area contributed by atoms with E-state index in [0.717, 1.165) is 29.7 Å². The van der Waals surface area contributed by atoms with E-state index in [4.69, 9.17) is 4.74 Å². The SMILES string of the molecule is CCc1ccc(CCC(=O)NCc2ccc(OCc3cccnc3)cc2)cc1. The Bertz CT molecular complexity index is 859. The van der Waals surface area contributed by atoms with E-state index in [1.54, 1.807) is 12.4 Å². The summed E-state index contributed by atoms with van der Waals surface area (Å²) < 4.78 is 5.75. The summed E-state index contributed by atoms with van der Waals surface area (Å²) in [6, 6.07) is 20.1. The van der Waals surface area contributed by atoms with Crippen molar-refractivity contribution in [3.8, 4) is 5.75 Å². The first-order valence-electron chi connectivity index (χ1n) is 9.68. The summed E-state index contributed by atoms with van der Waals surface area (Å²) in [6.45, 7) is 3.15. The van der Waals surface area contributed by atoms with Crippen molar-refractivity contribution in [2.75, 3.05) is 0 Å². The lowest BCUT2D eigenvalue weighted by atomic mass is 10.1. The zero-order valence-electron chi connectivity index (χ0n) is 16.2. The molecule has 1 amide bonds. The van der Waals surface area contributed by atoms with Crippen LogP contribution in [0.25, 0.3) is 0 Å². The smallest absolute Gasteiger partial charge is 0.220 e. The fourth-order valence-electron chi connectivity index (χ4n) is 2.84. The summed E-state index contributed by atoms with van der Waals surface area (Å²) in [4.78, 5) is 16.2. The molecular weight excluding hydrogens is 348 g/mol. The molecule has 0 fully saturated rings. The first kappa shape index (κ1) is 19.6. The predicted octanol–water partition coefficient (Wildman–Crippen LogP) is 4.47. The van der Waals surface area contributed by atoms with Gasteiger partial charge in [-0.05, 0) is 47.7 Å². The third-order valence-corrected chi connectivity index (χ3v) is 4.61. The van der Waals surface area contributed by atoms with E-state index in [0.29, 0.717) is 19.6 Å². The molecule has 0 bridgehead atoms. The van der Waals surface area contributed by atoms with Crippen LogP contribution >= 0.6 is 0 Å². The minimum absolute atomic E-state index is 0.0662. The van der Waals surface area contributed by atoms with E-state index in [9.17, 15) is 4.79 Å². The lowest BCUT2D eigenvalue weighted by molar-refractivity contribution is -0.121. The Morgan fingerprint density at radius 3 is 2.32 bits per heavy atom. The zero-order valence-corrected chi connectivity index (χ0v) is 16.2. The van der Waals surface area contributed by atoms with Gasteiger partial charge in [-0.1, -0.05) is 49.4 Å². The quantitative estimate of drug-likeness (QED) is 0.601. The summed E-state index contributed by atoms with van der Waals surface area (Å²) in [6.07, 6.45) is 5.83. The van der Waals surface area contributed by atoms with Gasteiger partial charge in [-0.3, -0.25) is 9.78 Å². The lowest BCUT2D eigenvalue weighted by Gasteiger charge is -2.08. The monoisotopic (exact) mass is 374 g/mol. The van der Waals surface area contributed by atoms with Gasteiger partial charge in [-0.25, -0.2) is 0 Å². The molecule has 3 rings (SSSR count). The number of carbonyl (C=O) groups excluding carboxylic acids is 1. The van der Waals surface area contributed by atoms with Gasteiger partial charge >= 0.3 is 0 Å². The minimum Gasteiger partial charge on any atom is -0.489 e. The molecule has 2 aromatic carbocycles. The molecule has 0 unspecified atom stereocenters. The van der Waals surface area contributed by atoms with Crippen LogP contribution in [0.4, 0.5) is 0 Å². The van der Waals surface area contributed by atoms with Crippen molar-refractivity contribution in [1.82, 2.24) is 10.3 Å². The lowest BCUT2D eigenvalue weighted by Crippen LogP contribution is -2.22. The number of rotatable bonds is 9. The Kier molecular flexibility index (Phi) is 7.19. The first-order valence-corrected chi connectivity index (χ1v) is 9.68. The van der Waals surface area contributed by atoms with E-state index in [-0.39, 0.29) is 5.91 Å². The van der Waals surface area contributed by atoms with Crippen LogP contribution in [-0.4, -0.2) is 10.9 Å². The number of benzene rings is 2. The van der Waals surface area contributed by atoms with E-state index in [1.807, 2.05) is 36.4 Å². The normalized spacial score (nSPS) is 10.5. The zero-order chi connectivity index (χ0) is 19.6. The Morgan fingerprint density at radius 1 is 0.929 bits per heavy atom. The second kappa shape index (κ2) is 10.3. The average Bonchev–Trinajstić information content (AvgIpc) is 2.76. The van der Waals surface area contributed by atoms with Gasteiger partial charge in [0.05, 0.1) is 0 Å². The molecule has 0 radical (unpaired) electrons. The largest absolute Gasteiger partial charge is 0.489 e. The molecule has 4 nitrogen and oxygen atoms in total. The molecule has 0 aliphatic heterocycles. The van der Waals surface area contributed by atoms with E-state index < -0.39 is 0 Å². The molecule has 0 spiro atoms. The number of nitrogens with one attached hydrogen (secondary N) is 1. The van der Waals surface area contributed by atoms with Crippen molar-refractivity contribution in [3.63, 3.8) is 0 Å². The maximum Gasteiger partial charge on any atom is 0.220 e. The molecule has 1 heterocycles. The van der Waals surface area contributed by atoms with Crippen molar-refractivity contribution in [3.05, 3.63) is 95.3 Å². The second-order valence-corrected chi connectivity index (χ2v) is 6.74. The highest BCUT2D eigenvalue weighted by atomic mass is 16.5. The summed E-state index contributed by atoms with van der Waals surface area (Å²) in [7, 11) is 0. The van der Waals surface area contributed by atoms with Gasteiger partial charge in [0.1, 0.15) is 12.4 Å². The Morgan fingerprint density at radius 2 is 1.64 bits per heavy atom. The van der Waals surface area contributed by atoms with Crippen molar-refractivity contribution < 1.29 is 9.53 Å². The average molecular weight is 374 g/mol. The number of aromatic nitrogens is 1. The molecule has 1 aromatic heterocycles. The summed E-state index contributed by atoms with van der Waals surface area (Å²) >= 11 is 0. The number of nitrogens with zero attached hydrogens (tertiary/aromatic N) is 1. The number of aryl methyl sites for hydroxylation is 2. The van der Waals surface area contributed by atoms with Crippen LogP contribution in [0.5, 0.6) is 5.75 Å². The molecular formula is C24H26N2O2. The first-order chi connectivity index (χ1) is 13.7. The molecule has 0 saturated carbocycles. The Labute approximate surface area is 166 Å². The maximum absolute atomic E-state index is 12.1. The topological polar surface area (TPSA) is 51.2 Å². The molecule has 144 valence electrons. The van der Waals surface area contributed by atoms with Crippen molar-refractivity contribution in [1.29, 1.82) is 0 Å². The van der Waals surface area contributed by atoms with Gasteiger partial charge in [-0.15, -0.1) is 0 Å². The van der Waals surface area contributed by atoms with Crippen LogP contribution in [0, 0.1) is 0 Å². The highest BCUT2D eigenvalue weighted by Gasteiger charge is 2.03. The summed E-state index contributed by atoms with van der Waals surface area (Å²) in [5.74, 6) is 0.867. The molecule has 0 aliphatic rings. The third kappa shape index (κ3) is 6.23. The highest BCUT2D eigenvalue weighted by Crippen LogP contribution is 2.14. The summed E-state index contributed by atoms with van der Waals surface area (Å²) in [5, 5.41) is 2.98. The third-order valence-electron chi connectivity index (χ3n) is 4.61. The number of hydrogen-bond acceptors (Lipinski definition) is 3. The predicted molar refractivity (Wildman–Crippen MR) is 111 cm³/mol. The number of hydrogen-bond donors (Lipinski definition) is 1. The fourth-order valence-corrected chi connectivity index (χ4v) is 2.84. The van der Waals surface area contributed by atoms with Crippen LogP contribution in [0.15, 0.2) is 73.1 Å². The van der Waals surface area contributed by atoms with Crippen LogP contribution in [-0.2, 0) is 30.8 Å². The van der Waals surface area contributed by atoms with Crippen LogP contribution in [0.3, 0.4) is 0 Å². The molecule has 0 saturated heterocycles. The molecule has 1 N–H and O–H groups in total. The van der Waals surface area contributed by atoms with Gasteiger partial charge in [0.25, 0.3) is 0 Å². The Balaban J connectivity index is 1.39. The number of amides is 1. The van der Waals surface area contributed by atoms with Gasteiger partial charge in [-0.2, -0.15) is 0 Å². The number of ether oxygens (including phenoxy) is 1. The molecule has 3 aromatic rings. The Hall–Kier alpha value is -3.14. The van der Waals surface area contributed by atoms with Crippen molar-refractivity contribution >= 4 is 5.91 Å². The van der Waals surface area contributed by atoms with Crippen molar-refractivity contribution in [2.45, 2.75) is 39.3 Å². The molecule has 4 heteroatoms. The maximum atomic E-state index is 12.1. The number of pyridine rings is 1. The number of carbonyl (C=O) groups is 1. The van der Waals surface area contributed by atoms with Crippen LogP contribution in [0.2, 0.25) is 0 Å². The summed E-state index contributed by atoms with van der Waals surface area (Å²) in [5.41, 5.74) is 4.60. The van der Waals surface area contributed by atoms with Gasteiger partial charge in [0.15, 0.2) is 0 Å². The highest BCUT2D eigenvalue weighted by molar-refractivity contribution is 5.76. The van der Waals surface area contributed by atoms with Gasteiger partial charge in [0.2, 0.25) is 5.91 Å². The van der Waals surface area contributed by atoms with Crippen molar-refractivity contribution in [2.24, 2.45) is 0 Å². The molecule has 0 atom stereocenters. The van der Waals surface area contributed by atoms with E-state index >= 15 is 0 Å². The minimum atomic E-state index is 0.0662. The van der Waals surface area contributed by atoms with Crippen LogP contribution in [0.1, 0.15) is 35.6 Å². The standard InChI is InChI=1S/C24H26N2O2/c1-2-19-5-7-20(8-6-19)11-14-24(27)26-17-21-9-12-23(13-10-21)28-18-22-4-3-15-25-16-22/h3-10,12-13,15-16H,2,11,14,17-18H2,1H3,(H,26,27).